The van der Waals surface area contributed by atoms with Crippen LogP contribution in [-0.2, 0) is 0 Å². The van der Waals surface area contributed by atoms with Crippen molar-refractivity contribution in [3.8, 4) is 0 Å². The highest BCUT2D eigenvalue weighted by molar-refractivity contribution is 5.76. The summed E-state index contributed by atoms with van der Waals surface area (Å²) in [6, 6.07) is 0. The summed E-state index contributed by atoms with van der Waals surface area (Å²) >= 11 is 0. The number of unbranched alkanes of at least 4 members (excludes halogenated alkanes) is 1. The summed E-state index contributed by atoms with van der Waals surface area (Å²) in [6.07, 6.45) is 2.64. The van der Waals surface area contributed by atoms with Gasteiger partial charge in [-0.2, -0.15) is 0 Å². The van der Waals surface area contributed by atoms with Gasteiger partial charge in [-0.05, 0) is 0 Å². The zero-order chi connectivity index (χ0) is 3.41. The smallest absolute Gasteiger partial charge is 0 e. The Labute approximate surface area is 49.4 Å². The third-order valence-corrected chi connectivity index (χ3v) is 0.500. The molecule has 0 aliphatic heterocycles. The molecule has 0 aliphatic carbocycles. The molecule has 0 fully saturated rings. The lowest BCUT2D eigenvalue weighted by atomic mass is 10.4. The van der Waals surface area contributed by atoms with Crippen LogP contribution in [0.2, 0.25) is 0 Å². The molecule has 0 atom stereocenters. The van der Waals surface area contributed by atoms with Crippen molar-refractivity contribution in [2.75, 3.05) is 0 Å². The topological polar surface area (TPSA) is 0 Å². The molecule has 0 N–H and O–H groups in total. The molecule has 0 aromatic carbocycles. The van der Waals surface area contributed by atoms with Crippen LogP contribution < -0.4 is 0 Å². The molecule has 0 nitrogen and oxygen atoms in total. The third-order valence-electron chi connectivity index (χ3n) is 0.500. The molecular weight excluding hydrogens is 104 g/mol. The average Bonchev–Trinajstić information content (AvgIpc) is 1.37. The molecule has 0 saturated heterocycles. The van der Waals surface area contributed by atoms with E-state index < -0.39 is 0 Å². The average molecular weight is 114 g/mol. The molecule has 0 heterocycles. The molecule has 6 heavy (non-hydrogen) atoms. The summed E-state index contributed by atoms with van der Waals surface area (Å²) < 4.78 is 0. The summed E-state index contributed by atoms with van der Waals surface area (Å²) in [5.74, 6) is 0. The van der Waals surface area contributed by atoms with Crippen molar-refractivity contribution in [2.45, 2.75) is 26.7 Å². The Bertz CT molecular complexity index is 7.51. The van der Waals surface area contributed by atoms with Gasteiger partial charge in [-0.3, -0.25) is 0 Å². The van der Waals surface area contributed by atoms with E-state index in [1.165, 1.54) is 12.8 Å². The van der Waals surface area contributed by atoms with E-state index in [0.717, 1.165) is 0 Å². The molecule has 0 unspecified atom stereocenters. The van der Waals surface area contributed by atoms with Crippen molar-refractivity contribution >= 4 is 21.9 Å². The molecule has 0 bridgehead atoms. The predicted molar refractivity (Wildman–Crippen MR) is 32.1 cm³/mol. The van der Waals surface area contributed by atoms with Gasteiger partial charge >= 0.3 is 0 Å². The molecule has 0 aliphatic rings. The van der Waals surface area contributed by atoms with E-state index in [1.807, 2.05) is 0 Å². The first kappa shape index (κ1) is 16.1. The highest BCUT2D eigenvalue weighted by Crippen LogP contribution is 1.76. The third kappa shape index (κ3) is 25.4. The van der Waals surface area contributed by atoms with Gasteiger partial charge in [0.15, 0.2) is 0 Å². The fraction of sp³-hybridized carbons (Fsp3) is 1.00. The second-order valence-corrected chi connectivity index (χ2v) is 1.000. The highest BCUT2D eigenvalue weighted by atomic mass is 28.1. The molecule has 0 aromatic rings. The standard InChI is InChI=1S/C4H10.2Si/c1-3-4-2;;/h3-4H2,1-2H3;;. The highest BCUT2D eigenvalue weighted by Gasteiger charge is 1.56. The van der Waals surface area contributed by atoms with Crippen molar-refractivity contribution in [2.24, 2.45) is 0 Å². The lowest BCUT2D eigenvalue weighted by Crippen LogP contribution is -1.47. The minimum atomic E-state index is 0. The predicted octanol–water partition coefficient (Wildman–Crippen LogP) is 1.04. The Hall–Kier alpha value is 0.434. The minimum absolute atomic E-state index is 0. The van der Waals surface area contributed by atoms with Gasteiger partial charge in [-0.25, -0.2) is 0 Å². The van der Waals surface area contributed by atoms with Gasteiger partial charge in [0.2, 0.25) is 0 Å². The van der Waals surface area contributed by atoms with Gasteiger partial charge in [0, 0.05) is 21.9 Å². The number of hydrogen-bond donors (Lipinski definition) is 0. The first-order chi connectivity index (χ1) is 1.91. The van der Waals surface area contributed by atoms with Crippen molar-refractivity contribution in [3.05, 3.63) is 0 Å². The van der Waals surface area contributed by atoms with Crippen LogP contribution >= 0.6 is 0 Å². The van der Waals surface area contributed by atoms with E-state index in [4.69, 9.17) is 0 Å². The van der Waals surface area contributed by atoms with Crippen molar-refractivity contribution in [1.82, 2.24) is 0 Å². The summed E-state index contributed by atoms with van der Waals surface area (Å²) in [6.45, 7) is 4.36. The van der Waals surface area contributed by atoms with Crippen LogP contribution in [0.4, 0.5) is 0 Å². The number of rotatable bonds is 1. The lowest BCUT2D eigenvalue weighted by molar-refractivity contribution is 0.886. The van der Waals surface area contributed by atoms with Crippen LogP contribution in [0.5, 0.6) is 0 Å². The first-order valence-electron chi connectivity index (χ1n) is 1.91. The fourth-order valence-electron chi connectivity index (χ4n) is 0. The molecule has 0 spiro atoms. The Balaban J connectivity index is -0.0000000450. The quantitative estimate of drug-likeness (QED) is 0.447. The Morgan fingerprint density at radius 3 is 1.00 bits per heavy atom. The van der Waals surface area contributed by atoms with Crippen molar-refractivity contribution in [1.29, 1.82) is 0 Å². The van der Waals surface area contributed by atoms with E-state index >= 15 is 0 Å². The van der Waals surface area contributed by atoms with Crippen molar-refractivity contribution in [3.63, 3.8) is 0 Å². The monoisotopic (exact) mass is 114 g/mol. The van der Waals surface area contributed by atoms with Crippen LogP contribution in [0.1, 0.15) is 26.7 Å². The second-order valence-electron chi connectivity index (χ2n) is 1.000. The minimum Gasteiger partial charge on any atom is -0.0654 e. The lowest BCUT2D eigenvalue weighted by Gasteiger charge is -1.68. The maximum absolute atomic E-state index is 2.18. The Morgan fingerprint density at radius 1 is 0.833 bits per heavy atom. The maximum Gasteiger partial charge on any atom is 0 e. The van der Waals surface area contributed by atoms with E-state index in [2.05, 4.69) is 13.8 Å². The molecule has 0 amide bonds. The molecular formula is C4H10Si2. The maximum atomic E-state index is 2.18. The Kier molecular flexibility index (Phi) is 48.4. The molecule has 34 valence electrons. The van der Waals surface area contributed by atoms with E-state index in [0.29, 0.717) is 0 Å². The summed E-state index contributed by atoms with van der Waals surface area (Å²) in [7, 11) is 0. The van der Waals surface area contributed by atoms with Crippen LogP contribution in [-0.4, -0.2) is 21.9 Å². The second kappa shape index (κ2) is 18.0. The SMILES string of the molecule is CCCC.[Si].[Si]. The van der Waals surface area contributed by atoms with Gasteiger partial charge in [0.05, 0.1) is 0 Å². The largest absolute Gasteiger partial charge is 0.0654 e. The molecule has 0 aromatic heterocycles. The molecule has 0 saturated carbocycles. The normalized spacial score (nSPS) is 5.00. The van der Waals surface area contributed by atoms with E-state index in [9.17, 15) is 0 Å². The van der Waals surface area contributed by atoms with Crippen molar-refractivity contribution < 1.29 is 0 Å². The van der Waals surface area contributed by atoms with E-state index in [1.54, 1.807) is 0 Å². The summed E-state index contributed by atoms with van der Waals surface area (Å²) in [5, 5.41) is 0. The molecule has 0 rings (SSSR count). The summed E-state index contributed by atoms with van der Waals surface area (Å²) in [4.78, 5) is 0. The van der Waals surface area contributed by atoms with Crippen LogP contribution in [0.25, 0.3) is 0 Å². The zero-order valence-corrected chi connectivity index (χ0v) is 6.41. The molecule has 2 heteroatoms. The van der Waals surface area contributed by atoms with E-state index in [-0.39, 0.29) is 21.9 Å². The first-order valence-corrected chi connectivity index (χ1v) is 1.91. The fourth-order valence-corrected chi connectivity index (χ4v) is 0. The van der Waals surface area contributed by atoms with Gasteiger partial charge in [-0.1, -0.05) is 26.7 Å². The van der Waals surface area contributed by atoms with Gasteiger partial charge in [-0.15, -0.1) is 0 Å². The van der Waals surface area contributed by atoms with Gasteiger partial charge < -0.3 is 0 Å². The number of hydrogen-bond acceptors (Lipinski definition) is 0. The van der Waals surface area contributed by atoms with Crippen LogP contribution in [0.3, 0.4) is 0 Å². The van der Waals surface area contributed by atoms with Gasteiger partial charge in [0.1, 0.15) is 0 Å². The molecule has 8 radical (unpaired) electrons. The van der Waals surface area contributed by atoms with Crippen LogP contribution in [0.15, 0.2) is 0 Å². The van der Waals surface area contributed by atoms with Gasteiger partial charge in [0.25, 0.3) is 0 Å². The Morgan fingerprint density at radius 2 is 1.00 bits per heavy atom. The summed E-state index contributed by atoms with van der Waals surface area (Å²) in [5.41, 5.74) is 0. The van der Waals surface area contributed by atoms with Crippen LogP contribution in [0, 0.1) is 0 Å². The zero-order valence-electron chi connectivity index (χ0n) is 4.41.